The zero-order valence-electron chi connectivity index (χ0n) is 5.49. The molecule has 60 valence electrons. The van der Waals surface area contributed by atoms with Gasteiger partial charge in [0.05, 0.1) is 15.3 Å². The van der Waals surface area contributed by atoms with Gasteiger partial charge in [0.15, 0.2) is 0 Å². The molecular formula is C6H6BrNO2S. The maximum atomic E-state index is 8.69. The Labute approximate surface area is 76.1 Å². The van der Waals surface area contributed by atoms with Crippen molar-refractivity contribution in [2.24, 2.45) is 5.16 Å². The van der Waals surface area contributed by atoms with Gasteiger partial charge in [-0.2, -0.15) is 0 Å². The molecule has 0 spiro atoms. The van der Waals surface area contributed by atoms with Crippen LogP contribution in [0.3, 0.4) is 0 Å². The molecule has 1 aromatic rings. The van der Waals surface area contributed by atoms with Crippen molar-refractivity contribution >= 4 is 33.0 Å². The molecule has 0 fully saturated rings. The normalized spacial score (nSPS) is 12.0. The van der Waals surface area contributed by atoms with Gasteiger partial charge in [-0.05, 0) is 28.1 Å². The number of aliphatic hydroxyl groups excluding tert-OH is 1. The Morgan fingerprint density at radius 2 is 2.36 bits per heavy atom. The van der Waals surface area contributed by atoms with Gasteiger partial charge < -0.3 is 10.3 Å². The van der Waals surface area contributed by atoms with Crippen LogP contribution in [-0.2, 0) is 0 Å². The third-order valence-electron chi connectivity index (χ3n) is 1.13. The van der Waals surface area contributed by atoms with E-state index in [1.165, 1.54) is 11.3 Å². The third-order valence-corrected chi connectivity index (χ3v) is 2.80. The molecule has 3 nitrogen and oxygen atoms in total. The molecule has 0 amide bonds. The summed E-state index contributed by atoms with van der Waals surface area (Å²) < 4.78 is 0.946. The van der Waals surface area contributed by atoms with E-state index in [0.717, 1.165) is 8.66 Å². The molecule has 0 radical (unpaired) electrons. The largest absolute Gasteiger partial charge is 0.411 e. The number of hydrogen-bond donors (Lipinski definition) is 2. The lowest BCUT2D eigenvalue weighted by Crippen LogP contribution is -2.03. The maximum absolute atomic E-state index is 8.69. The third kappa shape index (κ3) is 2.02. The summed E-state index contributed by atoms with van der Waals surface area (Å²) in [4.78, 5) is 0.766. The molecule has 0 atom stereocenters. The molecule has 2 N–H and O–H groups in total. The number of halogens is 1. The smallest absolute Gasteiger partial charge is 0.122 e. The predicted octanol–water partition coefficient (Wildman–Crippen LogP) is 1.68. The summed E-state index contributed by atoms with van der Waals surface area (Å²) in [6.07, 6.45) is 0. The van der Waals surface area contributed by atoms with Crippen molar-refractivity contribution in [2.45, 2.75) is 0 Å². The van der Waals surface area contributed by atoms with E-state index in [9.17, 15) is 0 Å². The molecular weight excluding hydrogens is 230 g/mol. The molecule has 0 aliphatic heterocycles. The zero-order valence-corrected chi connectivity index (χ0v) is 7.89. The van der Waals surface area contributed by atoms with Crippen LogP contribution in [0.4, 0.5) is 0 Å². The Kier molecular flexibility index (Phi) is 3.04. The van der Waals surface area contributed by atoms with Gasteiger partial charge in [0.25, 0.3) is 0 Å². The first-order chi connectivity index (χ1) is 5.27. The minimum atomic E-state index is -0.247. The average molecular weight is 236 g/mol. The molecule has 5 heteroatoms. The van der Waals surface area contributed by atoms with E-state index in [2.05, 4.69) is 21.1 Å². The number of hydrogen-bond acceptors (Lipinski definition) is 4. The minimum absolute atomic E-state index is 0.247. The highest BCUT2D eigenvalue weighted by atomic mass is 79.9. The van der Waals surface area contributed by atoms with Crippen LogP contribution in [-0.4, -0.2) is 22.6 Å². The Morgan fingerprint density at radius 1 is 1.64 bits per heavy atom. The lowest BCUT2D eigenvalue weighted by Gasteiger charge is -1.92. The highest BCUT2D eigenvalue weighted by Gasteiger charge is 2.04. The van der Waals surface area contributed by atoms with E-state index >= 15 is 0 Å². The van der Waals surface area contributed by atoms with E-state index < -0.39 is 0 Å². The van der Waals surface area contributed by atoms with Crippen molar-refractivity contribution < 1.29 is 10.3 Å². The van der Waals surface area contributed by atoms with Gasteiger partial charge in [-0.1, -0.05) is 5.16 Å². The molecule has 0 aliphatic rings. The molecule has 0 saturated heterocycles. The van der Waals surface area contributed by atoms with Crippen LogP contribution in [0.15, 0.2) is 21.1 Å². The molecule has 1 aromatic heterocycles. The van der Waals surface area contributed by atoms with Crippen LogP contribution in [0.1, 0.15) is 4.88 Å². The van der Waals surface area contributed by atoms with E-state index in [1.807, 2.05) is 6.07 Å². The number of oxime groups is 1. The first-order valence-corrected chi connectivity index (χ1v) is 4.46. The summed E-state index contributed by atoms with van der Waals surface area (Å²) in [5.41, 5.74) is 0.292. The van der Waals surface area contributed by atoms with Crippen molar-refractivity contribution in [1.82, 2.24) is 0 Å². The van der Waals surface area contributed by atoms with Gasteiger partial charge in [0, 0.05) is 0 Å². The molecule has 0 unspecified atom stereocenters. The highest BCUT2D eigenvalue weighted by Crippen LogP contribution is 2.22. The second-order valence-corrected chi connectivity index (χ2v) is 4.27. The molecule has 0 bridgehead atoms. The van der Waals surface area contributed by atoms with Crippen molar-refractivity contribution in [3.8, 4) is 0 Å². The first kappa shape index (κ1) is 8.70. The number of nitrogens with zero attached hydrogens (tertiary/aromatic N) is 1. The van der Waals surface area contributed by atoms with Crippen molar-refractivity contribution in [1.29, 1.82) is 0 Å². The number of thiophene rings is 1. The van der Waals surface area contributed by atoms with Gasteiger partial charge in [-0.25, -0.2) is 0 Å². The van der Waals surface area contributed by atoms with Gasteiger partial charge in [0.1, 0.15) is 5.71 Å². The zero-order chi connectivity index (χ0) is 8.27. The minimum Gasteiger partial charge on any atom is -0.411 e. The van der Waals surface area contributed by atoms with Crippen molar-refractivity contribution in [3.63, 3.8) is 0 Å². The maximum Gasteiger partial charge on any atom is 0.122 e. The second kappa shape index (κ2) is 3.85. The molecule has 0 aromatic carbocycles. The number of aliphatic hydroxyl groups is 1. The fourth-order valence-electron chi connectivity index (χ4n) is 0.628. The summed E-state index contributed by atoms with van der Waals surface area (Å²) in [5, 5.41) is 20.0. The fourth-order valence-corrected chi connectivity index (χ4v) is 1.99. The van der Waals surface area contributed by atoms with Crippen LogP contribution in [0.2, 0.25) is 0 Å². The fraction of sp³-hybridized carbons (Fsp3) is 0.167. The summed E-state index contributed by atoms with van der Waals surface area (Å²) in [5.74, 6) is 0. The summed E-state index contributed by atoms with van der Waals surface area (Å²) in [6.45, 7) is -0.247. The summed E-state index contributed by atoms with van der Waals surface area (Å²) in [6, 6.07) is 3.61. The Bertz CT molecular complexity index is 271. The van der Waals surface area contributed by atoms with E-state index in [1.54, 1.807) is 6.07 Å². The number of rotatable bonds is 2. The van der Waals surface area contributed by atoms with E-state index in [0.29, 0.717) is 5.71 Å². The van der Waals surface area contributed by atoms with Crippen molar-refractivity contribution in [3.05, 3.63) is 20.8 Å². The lowest BCUT2D eigenvalue weighted by molar-refractivity contribution is 0.304. The van der Waals surface area contributed by atoms with E-state index in [-0.39, 0.29) is 6.61 Å². The Hall–Kier alpha value is -0.390. The van der Waals surface area contributed by atoms with Crippen LogP contribution >= 0.6 is 27.3 Å². The second-order valence-electron chi connectivity index (χ2n) is 1.81. The predicted molar refractivity (Wildman–Crippen MR) is 47.4 cm³/mol. The topological polar surface area (TPSA) is 52.8 Å². The molecule has 0 saturated carbocycles. The van der Waals surface area contributed by atoms with Gasteiger partial charge >= 0.3 is 0 Å². The summed E-state index contributed by atoms with van der Waals surface area (Å²) in [7, 11) is 0. The lowest BCUT2D eigenvalue weighted by atomic mass is 10.3. The molecule has 1 rings (SSSR count). The summed E-state index contributed by atoms with van der Waals surface area (Å²) >= 11 is 4.67. The standard InChI is InChI=1S/C6H6BrNO2S/c7-6-2-1-5(11-6)4(3-9)8-10/h1-2,9-10H,3H2/b8-4-. The Morgan fingerprint density at radius 3 is 2.73 bits per heavy atom. The quantitative estimate of drug-likeness (QED) is 0.466. The van der Waals surface area contributed by atoms with Crippen LogP contribution in [0, 0.1) is 0 Å². The van der Waals surface area contributed by atoms with Crippen LogP contribution < -0.4 is 0 Å². The van der Waals surface area contributed by atoms with Gasteiger partial charge in [0.2, 0.25) is 0 Å². The Balaban J connectivity index is 2.91. The van der Waals surface area contributed by atoms with Crippen LogP contribution in [0.5, 0.6) is 0 Å². The van der Waals surface area contributed by atoms with Crippen LogP contribution in [0.25, 0.3) is 0 Å². The van der Waals surface area contributed by atoms with Gasteiger partial charge in [-0.15, -0.1) is 11.3 Å². The first-order valence-electron chi connectivity index (χ1n) is 2.85. The highest BCUT2D eigenvalue weighted by molar-refractivity contribution is 9.11. The van der Waals surface area contributed by atoms with E-state index in [4.69, 9.17) is 10.3 Å². The average Bonchev–Trinajstić information content (AvgIpc) is 2.39. The molecule has 1 heterocycles. The monoisotopic (exact) mass is 235 g/mol. The van der Waals surface area contributed by atoms with Gasteiger partial charge in [-0.3, -0.25) is 0 Å². The molecule has 0 aliphatic carbocycles. The van der Waals surface area contributed by atoms with Crippen molar-refractivity contribution in [2.75, 3.05) is 6.61 Å². The SMILES string of the molecule is OC/C(=N/O)c1ccc(Br)s1. The molecule has 11 heavy (non-hydrogen) atoms.